The molecule has 0 aromatic carbocycles. The van der Waals surface area contributed by atoms with Gasteiger partial charge in [-0.1, -0.05) is 77.4 Å². The molecule has 190 valence electrons. The number of halogens is 2. The molecular weight excluding hydrogens is 424 g/mol. The molecule has 0 N–H and O–H groups in total. The van der Waals surface area contributed by atoms with Crippen molar-refractivity contribution in [3.63, 3.8) is 0 Å². The SMILES string of the molecule is CCCCCCCn1nnc2c1CCCCC(CC(=O)OC(CCC)CCCCC)C2(F)F. The fraction of sp³-hybridized carbons (Fsp3) is 0.885. The highest BCUT2D eigenvalue weighted by molar-refractivity contribution is 5.70. The number of alkyl halides is 2. The molecule has 33 heavy (non-hydrogen) atoms. The van der Waals surface area contributed by atoms with Crippen LogP contribution in [0.1, 0.15) is 128 Å². The van der Waals surface area contributed by atoms with E-state index >= 15 is 8.78 Å². The zero-order valence-corrected chi connectivity index (χ0v) is 21.1. The molecule has 1 aliphatic rings. The average molecular weight is 470 g/mol. The molecule has 0 radical (unpaired) electrons. The molecule has 0 saturated heterocycles. The van der Waals surface area contributed by atoms with Gasteiger partial charge in [-0.15, -0.1) is 5.10 Å². The quantitative estimate of drug-likeness (QED) is 0.199. The molecule has 2 atom stereocenters. The average Bonchev–Trinajstić information content (AvgIpc) is 3.18. The van der Waals surface area contributed by atoms with Gasteiger partial charge in [-0.05, 0) is 44.9 Å². The zero-order valence-electron chi connectivity index (χ0n) is 21.1. The Hall–Kier alpha value is -1.53. The Morgan fingerprint density at radius 1 is 1.03 bits per heavy atom. The van der Waals surface area contributed by atoms with Crippen molar-refractivity contribution in [2.45, 2.75) is 142 Å². The van der Waals surface area contributed by atoms with Crippen LogP contribution in [0.15, 0.2) is 0 Å². The summed E-state index contributed by atoms with van der Waals surface area (Å²) >= 11 is 0. The van der Waals surface area contributed by atoms with Crippen LogP contribution >= 0.6 is 0 Å². The van der Waals surface area contributed by atoms with Gasteiger partial charge in [0.1, 0.15) is 6.10 Å². The van der Waals surface area contributed by atoms with Crippen LogP contribution in [0.25, 0.3) is 0 Å². The second-order valence-electron chi connectivity index (χ2n) is 9.69. The predicted octanol–water partition coefficient (Wildman–Crippen LogP) is 7.37. The summed E-state index contributed by atoms with van der Waals surface area (Å²) in [6.45, 7) is 6.99. The number of aromatic nitrogens is 3. The van der Waals surface area contributed by atoms with E-state index in [4.69, 9.17) is 4.74 Å². The normalized spacial score (nSPS) is 18.9. The number of ether oxygens (including phenoxy) is 1. The van der Waals surface area contributed by atoms with Crippen molar-refractivity contribution < 1.29 is 18.3 Å². The van der Waals surface area contributed by atoms with Gasteiger partial charge in [0.25, 0.3) is 5.92 Å². The number of unbranched alkanes of at least 4 members (excludes halogenated alkanes) is 6. The van der Waals surface area contributed by atoms with Crippen molar-refractivity contribution in [1.29, 1.82) is 0 Å². The molecule has 5 nitrogen and oxygen atoms in total. The molecule has 0 amide bonds. The molecule has 1 aromatic heterocycles. The minimum Gasteiger partial charge on any atom is -0.462 e. The summed E-state index contributed by atoms with van der Waals surface area (Å²) in [6.07, 6.45) is 13.2. The smallest absolute Gasteiger partial charge is 0.306 e. The second-order valence-corrected chi connectivity index (χ2v) is 9.69. The maximum Gasteiger partial charge on any atom is 0.306 e. The number of hydrogen-bond donors (Lipinski definition) is 0. The summed E-state index contributed by atoms with van der Waals surface area (Å²) in [6, 6.07) is 0. The van der Waals surface area contributed by atoms with Crippen molar-refractivity contribution in [2.24, 2.45) is 5.92 Å². The number of esters is 1. The van der Waals surface area contributed by atoms with Crippen LogP contribution in [0.3, 0.4) is 0 Å². The molecule has 0 spiro atoms. The maximum absolute atomic E-state index is 15.6. The maximum atomic E-state index is 15.6. The molecule has 0 bridgehead atoms. The van der Waals surface area contributed by atoms with Crippen LogP contribution < -0.4 is 0 Å². The third-order valence-corrected chi connectivity index (χ3v) is 6.81. The minimum absolute atomic E-state index is 0.166. The summed E-state index contributed by atoms with van der Waals surface area (Å²) in [7, 11) is 0. The summed E-state index contributed by atoms with van der Waals surface area (Å²) in [5.74, 6) is -4.76. The molecule has 2 rings (SSSR count). The van der Waals surface area contributed by atoms with Crippen LogP contribution in [0.2, 0.25) is 0 Å². The largest absolute Gasteiger partial charge is 0.462 e. The van der Waals surface area contributed by atoms with Crippen LogP contribution in [0.5, 0.6) is 0 Å². The zero-order chi connectivity index (χ0) is 24.1. The van der Waals surface area contributed by atoms with E-state index < -0.39 is 17.8 Å². The van der Waals surface area contributed by atoms with E-state index in [0.29, 0.717) is 31.5 Å². The highest BCUT2D eigenvalue weighted by atomic mass is 19.3. The van der Waals surface area contributed by atoms with Gasteiger partial charge in [-0.3, -0.25) is 4.79 Å². The highest BCUT2D eigenvalue weighted by Crippen LogP contribution is 2.43. The fourth-order valence-electron chi connectivity index (χ4n) is 4.81. The van der Waals surface area contributed by atoms with Crippen molar-refractivity contribution in [3.05, 3.63) is 11.4 Å². The van der Waals surface area contributed by atoms with Gasteiger partial charge in [0, 0.05) is 12.5 Å². The van der Waals surface area contributed by atoms with Crippen LogP contribution in [0.4, 0.5) is 8.78 Å². The lowest BCUT2D eigenvalue weighted by Crippen LogP contribution is -2.32. The van der Waals surface area contributed by atoms with E-state index in [2.05, 4.69) is 31.1 Å². The van der Waals surface area contributed by atoms with E-state index in [1.165, 1.54) is 12.8 Å². The summed E-state index contributed by atoms with van der Waals surface area (Å²) < 4.78 is 38.5. The third kappa shape index (κ3) is 8.64. The number of fused-ring (bicyclic) bond motifs is 1. The first-order valence-electron chi connectivity index (χ1n) is 13.4. The second kappa shape index (κ2) is 14.7. The summed E-state index contributed by atoms with van der Waals surface area (Å²) in [5.41, 5.74) is 0.332. The molecule has 1 heterocycles. The predicted molar refractivity (Wildman–Crippen MR) is 127 cm³/mol. The van der Waals surface area contributed by atoms with Gasteiger partial charge in [-0.25, -0.2) is 4.68 Å². The Balaban J connectivity index is 2.03. The number of nitrogens with zero attached hydrogens (tertiary/aromatic N) is 3. The van der Waals surface area contributed by atoms with E-state index in [-0.39, 0.29) is 18.2 Å². The van der Waals surface area contributed by atoms with E-state index in [0.717, 1.165) is 64.2 Å². The summed E-state index contributed by atoms with van der Waals surface area (Å²) in [5, 5.41) is 8.03. The molecule has 2 unspecified atom stereocenters. The van der Waals surface area contributed by atoms with Crippen molar-refractivity contribution in [3.8, 4) is 0 Å². The molecule has 0 saturated carbocycles. The molecule has 1 aromatic rings. The first kappa shape index (κ1) is 27.7. The molecular formula is C26H45F2N3O2. The Kier molecular flexibility index (Phi) is 12.3. The molecule has 1 aliphatic carbocycles. The van der Waals surface area contributed by atoms with Crippen LogP contribution in [0, 0.1) is 5.92 Å². The summed E-state index contributed by atoms with van der Waals surface area (Å²) in [4.78, 5) is 12.7. The van der Waals surface area contributed by atoms with Gasteiger partial charge < -0.3 is 4.74 Å². The van der Waals surface area contributed by atoms with Gasteiger partial charge >= 0.3 is 5.97 Å². The Labute approximate surface area is 199 Å². The topological polar surface area (TPSA) is 57.0 Å². The van der Waals surface area contributed by atoms with Gasteiger partial charge in [0.2, 0.25) is 0 Å². The number of carbonyl (C=O) groups is 1. The standard InChI is InChI=1S/C26H45F2N3O2/c1-4-7-9-10-14-19-31-23-18-13-12-16-21(26(27,28)25(23)29-30-31)20-24(32)33-22(15-6-3)17-11-8-5-2/h21-22H,4-20H2,1-3H3. The van der Waals surface area contributed by atoms with Gasteiger partial charge in [-0.2, -0.15) is 8.78 Å². The van der Waals surface area contributed by atoms with Crippen LogP contribution in [-0.4, -0.2) is 27.1 Å². The Bertz CT molecular complexity index is 693. The van der Waals surface area contributed by atoms with E-state index in [9.17, 15) is 4.79 Å². The number of aryl methyl sites for hydroxylation is 1. The van der Waals surface area contributed by atoms with Crippen molar-refractivity contribution in [1.82, 2.24) is 15.0 Å². The first-order valence-corrected chi connectivity index (χ1v) is 13.4. The van der Waals surface area contributed by atoms with Crippen molar-refractivity contribution in [2.75, 3.05) is 0 Å². The van der Waals surface area contributed by atoms with Crippen molar-refractivity contribution >= 4 is 5.97 Å². The Morgan fingerprint density at radius 2 is 1.76 bits per heavy atom. The lowest BCUT2D eigenvalue weighted by atomic mass is 9.86. The van der Waals surface area contributed by atoms with Crippen LogP contribution in [-0.2, 0) is 28.4 Å². The number of hydrogen-bond acceptors (Lipinski definition) is 4. The van der Waals surface area contributed by atoms with Gasteiger partial charge in [0.15, 0.2) is 5.69 Å². The monoisotopic (exact) mass is 469 g/mol. The molecule has 0 fully saturated rings. The lowest BCUT2D eigenvalue weighted by molar-refractivity contribution is -0.157. The number of rotatable bonds is 15. The minimum atomic E-state index is -3.17. The fourth-order valence-corrected chi connectivity index (χ4v) is 4.81. The lowest BCUT2D eigenvalue weighted by Gasteiger charge is -2.28. The Morgan fingerprint density at radius 3 is 2.48 bits per heavy atom. The highest BCUT2D eigenvalue weighted by Gasteiger charge is 2.47. The molecule has 0 aliphatic heterocycles. The van der Waals surface area contributed by atoms with E-state index in [1.54, 1.807) is 4.68 Å². The third-order valence-electron chi connectivity index (χ3n) is 6.81. The first-order chi connectivity index (χ1) is 15.9. The number of carbonyl (C=O) groups excluding carboxylic acids is 1. The molecule has 7 heteroatoms. The van der Waals surface area contributed by atoms with E-state index in [1.807, 2.05) is 0 Å². The van der Waals surface area contributed by atoms with Gasteiger partial charge in [0.05, 0.1) is 12.1 Å².